The van der Waals surface area contributed by atoms with Gasteiger partial charge in [-0.15, -0.1) is 0 Å². The molecule has 242 valence electrons. The number of fused-ring (bicyclic) bond motifs is 5. The van der Waals surface area contributed by atoms with Crippen LogP contribution in [0.15, 0.2) is 31.2 Å². The average Bonchev–Trinajstić information content (AvgIpc) is 3.74. The van der Waals surface area contributed by atoms with Crippen LogP contribution in [0.25, 0.3) is 22.3 Å². The number of nitrogens with zero attached hydrogens (tertiary/aromatic N) is 7. The molecular formula is C22H26FN9O11P2. The summed E-state index contributed by atoms with van der Waals surface area (Å²) in [5.41, 5.74) is 12.8. The van der Waals surface area contributed by atoms with Gasteiger partial charge in [-0.25, -0.2) is 33.9 Å². The number of ether oxygens (including phenoxy) is 3. The van der Waals surface area contributed by atoms with E-state index in [9.17, 15) is 24.0 Å². The first-order valence-electron chi connectivity index (χ1n) is 13.3. The van der Waals surface area contributed by atoms with Crippen LogP contribution >= 0.6 is 15.4 Å². The van der Waals surface area contributed by atoms with Crippen LogP contribution in [0.1, 0.15) is 12.5 Å². The number of nitrogens with two attached hydrogens (primary N) is 2. The molecule has 7 heterocycles. The number of phosphoric acid groups is 1. The van der Waals surface area contributed by atoms with Crippen LogP contribution in [-0.2, 0) is 36.9 Å². The second-order valence-electron chi connectivity index (χ2n) is 10.4. The zero-order valence-corrected chi connectivity index (χ0v) is 24.6. The maximum atomic E-state index is 15.9. The Labute approximate surface area is 251 Å². The van der Waals surface area contributed by atoms with E-state index in [1.165, 1.54) is 34.1 Å². The highest BCUT2D eigenvalue weighted by atomic mass is 31.2. The number of pyridine rings is 1. The topological polar surface area (TPSA) is 277 Å². The Morgan fingerprint density at radius 2 is 1.60 bits per heavy atom. The number of aliphatic hydroxyl groups excluding tert-OH is 1. The lowest BCUT2D eigenvalue weighted by Crippen LogP contribution is -2.37. The molecule has 3 fully saturated rings. The molecule has 3 saturated heterocycles. The molecule has 7 N–H and O–H groups in total. The maximum Gasteiger partial charge on any atom is 0.472 e. The van der Waals surface area contributed by atoms with Crippen LogP contribution in [0.2, 0.25) is 0 Å². The average molecular weight is 673 g/mol. The van der Waals surface area contributed by atoms with Gasteiger partial charge < -0.3 is 40.6 Å². The number of hydrogen-bond acceptors (Lipinski definition) is 16. The highest BCUT2D eigenvalue weighted by molar-refractivity contribution is 7.52. The van der Waals surface area contributed by atoms with Gasteiger partial charge in [-0.05, 0) is 6.07 Å². The first-order chi connectivity index (χ1) is 21.4. The maximum absolute atomic E-state index is 15.9. The Bertz CT molecular complexity index is 1850. The number of hydrogen-bond donors (Lipinski definition) is 5. The molecule has 0 spiro atoms. The quantitative estimate of drug-likeness (QED) is 0.175. The van der Waals surface area contributed by atoms with Crippen molar-refractivity contribution in [2.45, 2.75) is 49.1 Å². The molecule has 23 heteroatoms. The fourth-order valence-corrected chi connectivity index (χ4v) is 7.39. The SMILES string of the molecule is Nc1ncnc2c1ncn2[C@@H]1O[C@@H]2COCP(=O)(O)O[C@@H]3C(F)[C@H](n4cnc5c(N)ccnc54)O[C@@H]3COP(=O)(O)OC1[C@H]2O. The van der Waals surface area contributed by atoms with E-state index >= 15 is 4.39 Å². The number of anilines is 2. The number of nitrogen functional groups attached to an aromatic ring is 2. The number of alkyl halides is 1. The lowest BCUT2D eigenvalue weighted by atomic mass is 10.1. The molecule has 2 bridgehead atoms. The number of aliphatic hydroxyl groups is 1. The second-order valence-corrected chi connectivity index (χ2v) is 13.6. The number of phosphoric ester groups is 1. The van der Waals surface area contributed by atoms with Crippen molar-refractivity contribution in [3.05, 3.63) is 31.2 Å². The molecule has 0 radical (unpaired) electrons. The lowest BCUT2D eigenvalue weighted by Gasteiger charge is -2.26. The van der Waals surface area contributed by atoms with Gasteiger partial charge in [0, 0.05) is 6.20 Å². The number of imidazole rings is 2. The smallest absolute Gasteiger partial charge is 0.397 e. The normalized spacial score (nSPS) is 38.0. The molecule has 10 atom stereocenters. The fourth-order valence-electron chi connectivity index (χ4n) is 5.42. The van der Waals surface area contributed by atoms with Crippen LogP contribution in [0.3, 0.4) is 0 Å². The fraction of sp³-hybridized carbons (Fsp3) is 0.500. The van der Waals surface area contributed by atoms with Gasteiger partial charge in [-0.1, -0.05) is 0 Å². The summed E-state index contributed by atoms with van der Waals surface area (Å²) in [7, 11) is -9.80. The molecule has 4 aromatic rings. The van der Waals surface area contributed by atoms with Crippen LogP contribution in [0.4, 0.5) is 15.9 Å². The third-order valence-corrected chi connectivity index (χ3v) is 9.55. The molecule has 0 amide bonds. The molecule has 45 heavy (non-hydrogen) atoms. The molecule has 4 aromatic heterocycles. The molecule has 7 rings (SSSR count). The van der Waals surface area contributed by atoms with Crippen LogP contribution in [0.5, 0.6) is 0 Å². The van der Waals surface area contributed by atoms with Crippen molar-refractivity contribution >= 4 is 49.3 Å². The molecular weight excluding hydrogens is 647 g/mol. The summed E-state index contributed by atoms with van der Waals surface area (Å²) in [6.07, 6.45) is -8.68. The monoisotopic (exact) mass is 673 g/mol. The van der Waals surface area contributed by atoms with Gasteiger partial charge >= 0.3 is 15.4 Å². The van der Waals surface area contributed by atoms with E-state index in [0.29, 0.717) is 0 Å². The van der Waals surface area contributed by atoms with Gasteiger partial charge in [-0.2, -0.15) is 0 Å². The van der Waals surface area contributed by atoms with Crippen molar-refractivity contribution in [3.63, 3.8) is 0 Å². The van der Waals surface area contributed by atoms with E-state index in [-0.39, 0.29) is 33.8 Å². The first kappa shape index (κ1) is 30.5. The molecule has 0 aliphatic carbocycles. The molecule has 0 aromatic carbocycles. The Hall–Kier alpha value is -3.20. The minimum Gasteiger partial charge on any atom is -0.397 e. The van der Waals surface area contributed by atoms with Gasteiger partial charge in [0.15, 0.2) is 35.7 Å². The highest BCUT2D eigenvalue weighted by Crippen LogP contribution is 2.53. The van der Waals surface area contributed by atoms with E-state index in [1.54, 1.807) is 0 Å². The summed E-state index contributed by atoms with van der Waals surface area (Å²) >= 11 is 0. The third kappa shape index (κ3) is 5.49. The second kappa shape index (κ2) is 11.2. The predicted octanol–water partition coefficient (Wildman–Crippen LogP) is -0.0101. The van der Waals surface area contributed by atoms with E-state index in [0.717, 1.165) is 6.33 Å². The van der Waals surface area contributed by atoms with Crippen molar-refractivity contribution in [1.29, 1.82) is 0 Å². The minimum atomic E-state index is -5.09. The summed E-state index contributed by atoms with van der Waals surface area (Å²) in [6, 6.07) is 1.50. The van der Waals surface area contributed by atoms with E-state index < -0.39 is 84.1 Å². The van der Waals surface area contributed by atoms with Gasteiger partial charge in [0.2, 0.25) is 0 Å². The largest absolute Gasteiger partial charge is 0.472 e. The van der Waals surface area contributed by atoms with E-state index in [2.05, 4.69) is 24.9 Å². The van der Waals surface area contributed by atoms with Crippen LogP contribution < -0.4 is 11.5 Å². The molecule has 20 nitrogen and oxygen atoms in total. The minimum absolute atomic E-state index is 0.0430. The van der Waals surface area contributed by atoms with Gasteiger partial charge in [0.25, 0.3) is 0 Å². The van der Waals surface area contributed by atoms with Gasteiger partial charge in [0.05, 0.1) is 31.6 Å². The van der Waals surface area contributed by atoms with E-state index in [4.69, 9.17) is 39.2 Å². The van der Waals surface area contributed by atoms with Gasteiger partial charge in [0.1, 0.15) is 54.2 Å². The molecule has 3 aliphatic heterocycles. The Kier molecular flexibility index (Phi) is 7.61. The zero-order chi connectivity index (χ0) is 31.7. The molecule has 3 aliphatic rings. The third-order valence-electron chi connectivity index (χ3n) is 7.49. The van der Waals surface area contributed by atoms with Crippen molar-refractivity contribution in [1.82, 2.24) is 34.1 Å². The number of halogens is 1. The number of aromatic nitrogens is 7. The summed E-state index contributed by atoms with van der Waals surface area (Å²) in [6.45, 7) is -1.36. The van der Waals surface area contributed by atoms with Crippen molar-refractivity contribution < 1.29 is 56.2 Å². The highest BCUT2D eigenvalue weighted by Gasteiger charge is 2.53. The number of rotatable bonds is 2. The standard InChI is InChI=1S/C22H26FN9O11P2/c23-12-16-11(41-21(12)31-6-29-13-9(24)1-2-26-19(13)31)4-39-45(36,37)43-17-15(33)10(3-38-8-44(34,35)42-16)40-22(17)32-7-30-14-18(25)27-5-28-20(14)32/h1-2,5-7,10-12,15-17,21-22,33H,3-4,8H2,(H2,24,26)(H,34,35)(H,36,37)(H2,25,27,28)/t10-,11-,12?,15+,16+,17?,21-,22-/m1/s1. The summed E-state index contributed by atoms with van der Waals surface area (Å²) < 4.78 is 77.5. The first-order valence-corrected chi connectivity index (χ1v) is 16.5. The predicted molar refractivity (Wildman–Crippen MR) is 147 cm³/mol. The van der Waals surface area contributed by atoms with Crippen LogP contribution in [0, 0.1) is 0 Å². The summed E-state index contributed by atoms with van der Waals surface area (Å²) in [5, 5.41) is 11.0. The van der Waals surface area contributed by atoms with Gasteiger partial charge in [-0.3, -0.25) is 27.3 Å². The Balaban J connectivity index is 1.19. The zero-order valence-electron chi connectivity index (χ0n) is 22.8. The molecule has 4 unspecified atom stereocenters. The van der Waals surface area contributed by atoms with Crippen molar-refractivity contribution in [3.8, 4) is 0 Å². The molecule has 0 saturated carbocycles. The summed E-state index contributed by atoms with van der Waals surface area (Å²) in [5.74, 6) is 0.0430. The summed E-state index contributed by atoms with van der Waals surface area (Å²) in [4.78, 5) is 41.7. The van der Waals surface area contributed by atoms with Crippen molar-refractivity contribution in [2.24, 2.45) is 0 Å². The Morgan fingerprint density at radius 3 is 2.40 bits per heavy atom. The van der Waals surface area contributed by atoms with Crippen molar-refractivity contribution in [2.75, 3.05) is 31.0 Å². The van der Waals surface area contributed by atoms with Crippen LogP contribution in [-0.4, -0.2) is 105 Å². The lowest BCUT2D eigenvalue weighted by molar-refractivity contribution is -0.0621. The van der Waals surface area contributed by atoms with E-state index in [1.807, 2.05) is 0 Å². The Morgan fingerprint density at radius 1 is 0.889 bits per heavy atom.